The molecule has 1 aliphatic heterocycles. The molecule has 1 fully saturated rings. The third-order valence-corrected chi connectivity index (χ3v) is 4.05. The van der Waals surface area contributed by atoms with Gasteiger partial charge in [0.2, 0.25) is 5.91 Å². The Morgan fingerprint density at radius 3 is 2.42 bits per heavy atom. The van der Waals surface area contributed by atoms with E-state index in [-0.39, 0.29) is 24.4 Å². The average Bonchev–Trinajstić information content (AvgIpc) is 2.94. The topological polar surface area (TPSA) is 49.4 Å². The Morgan fingerprint density at radius 1 is 1.12 bits per heavy atom. The molecule has 2 aromatic carbocycles. The first-order valence-corrected chi connectivity index (χ1v) is 7.78. The van der Waals surface area contributed by atoms with Crippen LogP contribution in [0, 0.1) is 5.82 Å². The van der Waals surface area contributed by atoms with Crippen LogP contribution in [0.1, 0.15) is 22.3 Å². The van der Waals surface area contributed by atoms with Crippen LogP contribution in [0.4, 0.5) is 23.2 Å². The van der Waals surface area contributed by atoms with Crippen molar-refractivity contribution in [1.82, 2.24) is 5.32 Å². The van der Waals surface area contributed by atoms with E-state index in [1.54, 1.807) is 6.07 Å². The van der Waals surface area contributed by atoms with Crippen LogP contribution in [0.3, 0.4) is 0 Å². The van der Waals surface area contributed by atoms with E-state index < -0.39 is 29.5 Å². The van der Waals surface area contributed by atoms with Gasteiger partial charge in [0, 0.05) is 24.2 Å². The fourth-order valence-electron chi connectivity index (χ4n) is 2.78. The molecule has 1 aliphatic rings. The highest BCUT2D eigenvalue weighted by molar-refractivity contribution is 5.98. The van der Waals surface area contributed by atoms with Crippen molar-refractivity contribution in [3.05, 3.63) is 65.5 Å². The third-order valence-electron chi connectivity index (χ3n) is 4.05. The van der Waals surface area contributed by atoms with Gasteiger partial charge in [0.25, 0.3) is 5.91 Å². The summed E-state index contributed by atoms with van der Waals surface area (Å²) in [4.78, 5) is 25.6. The second kappa shape index (κ2) is 6.78. The zero-order valence-corrected chi connectivity index (χ0v) is 13.4. The molecule has 0 saturated carbocycles. The molecule has 1 atom stereocenters. The number of alkyl halides is 3. The lowest BCUT2D eigenvalue weighted by molar-refractivity contribution is -0.137. The predicted octanol–water partition coefficient (Wildman–Crippen LogP) is 3.38. The van der Waals surface area contributed by atoms with Crippen molar-refractivity contribution in [3.8, 4) is 0 Å². The minimum Gasteiger partial charge on any atom is -0.347 e. The molecule has 26 heavy (non-hydrogen) atoms. The Kier molecular flexibility index (Phi) is 4.67. The summed E-state index contributed by atoms with van der Waals surface area (Å²) in [6.45, 7) is 0.161. The SMILES string of the molecule is O=C(N[C@H]1CC(=O)N(c2cccc(F)c2)C1)c1ccc(C(F)(F)F)cc1. The highest BCUT2D eigenvalue weighted by Crippen LogP contribution is 2.29. The number of hydrogen-bond donors (Lipinski definition) is 1. The monoisotopic (exact) mass is 366 g/mol. The second-order valence-electron chi connectivity index (χ2n) is 5.93. The van der Waals surface area contributed by atoms with Crippen molar-refractivity contribution in [1.29, 1.82) is 0 Å². The molecule has 0 aromatic heterocycles. The molecule has 1 saturated heterocycles. The Balaban J connectivity index is 1.66. The largest absolute Gasteiger partial charge is 0.416 e. The highest BCUT2D eigenvalue weighted by Gasteiger charge is 2.33. The molecule has 8 heteroatoms. The molecular formula is C18H14F4N2O2. The van der Waals surface area contributed by atoms with Crippen molar-refractivity contribution >= 4 is 17.5 Å². The van der Waals surface area contributed by atoms with Crippen molar-refractivity contribution in [2.45, 2.75) is 18.6 Å². The second-order valence-corrected chi connectivity index (χ2v) is 5.93. The van der Waals surface area contributed by atoms with Crippen LogP contribution in [0.25, 0.3) is 0 Å². The first-order chi connectivity index (χ1) is 12.2. The lowest BCUT2D eigenvalue weighted by Crippen LogP contribution is -2.37. The van der Waals surface area contributed by atoms with Gasteiger partial charge in [-0.2, -0.15) is 13.2 Å². The predicted molar refractivity (Wildman–Crippen MR) is 86.1 cm³/mol. The van der Waals surface area contributed by atoms with Gasteiger partial charge < -0.3 is 10.2 Å². The fourth-order valence-corrected chi connectivity index (χ4v) is 2.78. The number of rotatable bonds is 3. The molecule has 0 bridgehead atoms. The summed E-state index contributed by atoms with van der Waals surface area (Å²) in [7, 11) is 0. The number of carbonyl (C=O) groups excluding carboxylic acids is 2. The molecule has 136 valence electrons. The maximum Gasteiger partial charge on any atom is 0.416 e. The summed E-state index contributed by atoms with van der Waals surface area (Å²) in [6.07, 6.45) is -4.44. The van der Waals surface area contributed by atoms with Crippen LogP contribution < -0.4 is 10.2 Å². The maximum atomic E-state index is 13.3. The zero-order valence-electron chi connectivity index (χ0n) is 13.4. The van der Waals surface area contributed by atoms with Crippen LogP contribution in [-0.2, 0) is 11.0 Å². The highest BCUT2D eigenvalue weighted by atomic mass is 19.4. The molecule has 0 radical (unpaired) electrons. The number of anilines is 1. The Bertz CT molecular complexity index is 834. The van der Waals surface area contributed by atoms with Gasteiger partial charge in [0.15, 0.2) is 0 Å². The van der Waals surface area contributed by atoms with E-state index in [0.29, 0.717) is 5.69 Å². The smallest absolute Gasteiger partial charge is 0.347 e. The Labute approximate surface area is 146 Å². The number of benzene rings is 2. The Morgan fingerprint density at radius 2 is 1.81 bits per heavy atom. The standard InChI is InChI=1S/C18H14F4N2O2/c19-13-2-1-3-15(8-13)24-10-14(9-16(24)25)23-17(26)11-4-6-12(7-5-11)18(20,21)22/h1-8,14H,9-10H2,(H,23,26)/t14-/m0/s1. The minimum absolute atomic E-state index is 0.0306. The van der Waals surface area contributed by atoms with Crippen LogP contribution in [0.5, 0.6) is 0 Å². The quantitative estimate of drug-likeness (QED) is 0.847. The van der Waals surface area contributed by atoms with Crippen molar-refractivity contribution in [3.63, 3.8) is 0 Å². The minimum atomic E-state index is -4.47. The summed E-state index contributed by atoms with van der Waals surface area (Å²) < 4.78 is 51.0. The van der Waals surface area contributed by atoms with Crippen molar-refractivity contribution in [2.75, 3.05) is 11.4 Å². The normalized spacial score (nSPS) is 17.5. The molecule has 3 rings (SSSR count). The van der Waals surface area contributed by atoms with E-state index in [0.717, 1.165) is 24.3 Å². The van der Waals surface area contributed by atoms with E-state index >= 15 is 0 Å². The summed E-state index contributed by atoms with van der Waals surface area (Å²) >= 11 is 0. The first kappa shape index (κ1) is 17.9. The van der Waals surface area contributed by atoms with Gasteiger partial charge in [-0.15, -0.1) is 0 Å². The van der Waals surface area contributed by atoms with Gasteiger partial charge in [-0.1, -0.05) is 6.07 Å². The molecule has 1 N–H and O–H groups in total. The molecule has 0 aliphatic carbocycles. The molecule has 4 nitrogen and oxygen atoms in total. The van der Waals surface area contributed by atoms with Gasteiger partial charge in [-0.25, -0.2) is 4.39 Å². The third kappa shape index (κ3) is 3.84. The number of nitrogens with one attached hydrogen (secondary N) is 1. The van der Waals surface area contributed by atoms with E-state index in [2.05, 4.69) is 5.32 Å². The van der Waals surface area contributed by atoms with E-state index in [9.17, 15) is 27.2 Å². The molecule has 1 heterocycles. The number of nitrogens with zero attached hydrogens (tertiary/aromatic N) is 1. The fraction of sp³-hybridized carbons (Fsp3) is 0.222. The summed E-state index contributed by atoms with van der Waals surface area (Å²) in [6, 6.07) is 8.85. The van der Waals surface area contributed by atoms with Gasteiger partial charge >= 0.3 is 6.18 Å². The summed E-state index contributed by atoms with van der Waals surface area (Å²) in [5.74, 6) is -1.32. The van der Waals surface area contributed by atoms with Gasteiger partial charge in [0.05, 0.1) is 11.6 Å². The molecule has 0 spiro atoms. The van der Waals surface area contributed by atoms with Gasteiger partial charge in [-0.3, -0.25) is 9.59 Å². The summed E-state index contributed by atoms with van der Waals surface area (Å²) in [5.41, 5.74) is -0.390. The van der Waals surface area contributed by atoms with Crippen molar-refractivity contribution in [2.24, 2.45) is 0 Å². The average molecular weight is 366 g/mol. The van der Waals surface area contributed by atoms with Crippen molar-refractivity contribution < 1.29 is 27.2 Å². The van der Waals surface area contributed by atoms with Crippen LogP contribution >= 0.6 is 0 Å². The van der Waals surface area contributed by atoms with Crippen LogP contribution in [0.2, 0.25) is 0 Å². The first-order valence-electron chi connectivity index (χ1n) is 7.78. The molecule has 0 unspecified atom stereocenters. The van der Waals surface area contributed by atoms with E-state index in [1.807, 2.05) is 0 Å². The molecule has 2 amide bonds. The van der Waals surface area contributed by atoms with Crippen LogP contribution in [0.15, 0.2) is 48.5 Å². The summed E-state index contributed by atoms with van der Waals surface area (Å²) in [5, 5.41) is 2.62. The number of halogens is 4. The van der Waals surface area contributed by atoms with Crippen LogP contribution in [-0.4, -0.2) is 24.4 Å². The molecular weight excluding hydrogens is 352 g/mol. The lowest BCUT2D eigenvalue weighted by atomic mass is 10.1. The molecule has 2 aromatic rings. The maximum absolute atomic E-state index is 13.3. The number of hydrogen-bond acceptors (Lipinski definition) is 2. The Hall–Kier alpha value is -2.90. The van der Waals surface area contributed by atoms with Gasteiger partial charge in [-0.05, 0) is 42.5 Å². The lowest BCUT2D eigenvalue weighted by Gasteiger charge is -2.17. The van der Waals surface area contributed by atoms with E-state index in [4.69, 9.17) is 0 Å². The number of carbonyl (C=O) groups is 2. The number of amides is 2. The van der Waals surface area contributed by atoms with E-state index in [1.165, 1.54) is 23.1 Å². The van der Waals surface area contributed by atoms with Gasteiger partial charge in [0.1, 0.15) is 5.82 Å². The zero-order chi connectivity index (χ0) is 18.9.